The Labute approximate surface area is 130 Å². The Hall–Kier alpha value is -1.31. The lowest BCUT2D eigenvalue weighted by Gasteiger charge is -2.23. The van der Waals surface area contributed by atoms with Crippen molar-refractivity contribution in [3.63, 3.8) is 0 Å². The summed E-state index contributed by atoms with van der Waals surface area (Å²) in [4.78, 5) is 0. The molecular formula is C17H22O2PSi. The molecule has 111 valence electrons. The Morgan fingerprint density at radius 1 is 0.810 bits per heavy atom. The molecule has 4 heteroatoms. The lowest BCUT2D eigenvalue weighted by Crippen LogP contribution is -2.22. The molecule has 0 heterocycles. The number of methoxy groups -OCH3 is 2. The van der Waals surface area contributed by atoms with Gasteiger partial charge in [0, 0.05) is 19.4 Å². The van der Waals surface area contributed by atoms with E-state index in [0.717, 1.165) is 11.5 Å². The molecule has 0 atom stereocenters. The van der Waals surface area contributed by atoms with Crippen LogP contribution in [-0.2, 0) is 0 Å². The van der Waals surface area contributed by atoms with Crippen LogP contribution in [-0.4, -0.2) is 28.8 Å². The number of benzene rings is 2. The minimum Gasteiger partial charge on any atom is -0.496 e. The number of hydrogen-bond donors (Lipinski definition) is 0. The summed E-state index contributed by atoms with van der Waals surface area (Å²) in [6.45, 7) is 4.73. The molecule has 0 unspecified atom stereocenters. The van der Waals surface area contributed by atoms with Gasteiger partial charge in [-0.25, -0.2) is 0 Å². The van der Waals surface area contributed by atoms with E-state index in [2.05, 4.69) is 49.5 Å². The topological polar surface area (TPSA) is 18.5 Å². The first-order valence-electron chi connectivity index (χ1n) is 7.00. The summed E-state index contributed by atoms with van der Waals surface area (Å²) in [5, 5.41) is 2.62. The second-order valence-corrected chi connectivity index (χ2v) is 10.6. The van der Waals surface area contributed by atoms with Gasteiger partial charge in [0.15, 0.2) is 0 Å². The van der Waals surface area contributed by atoms with E-state index >= 15 is 0 Å². The lowest BCUT2D eigenvalue weighted by atomic mass is 10.3. The molecule has 0 amide bonds. The molecule has 0 fully saturated rings. The second kappa shape index (κ2) is 7.63. The molecule has 2 aromatic carbocycles. The van der Waals surface area contributed by atoms with Crippen molar-refractivity contribution in [2.45, 2.75) is 13.1 Å². The fourth-order valence-corrected chi connectivity index (χ4v) is 7.87. The maximum atomic E-state index is 5.59. The molecule has 0 spiro atoms. The molecule has 0 aliphatic rings. The van der Waals surface area contributed by atoms with Crippen LogP contribution in [0.25, 0.3) is 0 Å². The van der Waals surface area contributed by atoms with Crippen LogP contribution in [0.1, 0.15) is 0 Å². The van der Waals surface area contributed by atoms with Crippen molar-refractivity contribution in [1.29, 1.82) is 0 Å². The van der Waals surface area contributed by atoms with Crippen LogP contribution in [0.2, 0.25) is 13.1 Å². The van der Waals surface area contributed by atoms with Crippen LogP contribution in [0.4, 0.5) is 0 Å². The number of rotatable bonds is 6. The number of para-hydroxylation sites is 2. The maximum Gasteiger partial charge on any atom is 0.126 e. The predicted octanol–water partition coefficient (Wildman–Crippen LogP) is 3.43. The summed E-state index contributed by atoms with van der Waals surface area (Å²) in [6, 6.07) is 16.8. The van der Waals surface area contributed by atoms with Crippen LogP contribution in [0.15, 0.2) is 48.5 Å². The zero-order valence-electron chi connectivity index (χ0n) is 13.1. The third-order valence-electron chi connectivity index (χ3n) is 3.23. The highest BCUT2D eigenvalue weighted by atomic mass is 31.1. The fraction of sp³-hybridized carbons (Fsp3) is 0.294. The van der Waals surface area contributed by atoms with E-state index in [1.165, 1.54) is 16.4 Å². The molecule has 0 bridgehead atoms. The zero-order chi connectivity index (χ0) is 15.2. The first-order chi connectivity index (χ1) is 10.2. The standard InChI is InChI=1S/C17H22O2PSi/c1-18-14-9-5-7-11-16(14)20(13-21(3)4)17-12-8-6-10-15(17)19-2/h5-12H,13H2,1-4H3. The van der Waals surface area contributed by atoms with Gasteiger partial charge >= 0.3 is 0 Å². The molecule has 0 N–H and O–H groups in total. The van der Waals surface area contributed by atoms with E-state index in [1.54, 1.807) is 14.2 Å². The third kappa shape index (κ3) is 3.87. The lowest BCUT2D eigenvalue weighted by molar-refractivity contribution is 0.417. The van der Waals surface area contributed by atoms with Gasteiger partial charge in [-0.3, -0.25) is 0 Å². The normalized spacial score (nSPS) is 11.0. The SMILES string of the molecule is COc1ccccc1P(C[Si](C)C)c1ccccc1OC. The largest absolute Gasteiger partial charge is 0.496 e. The van der Waals surface area contributed by atoms with Gasteiger partial charge in [-0.15, -0.1) is 0 Å². The van der Waals surface area contributed by atoms with Gasteiger partial charge in [-0.05, 0) is 25.8 Å². The summed E-state index contributed by atoms with van der Waals surface area (Å²) < 4.78 is 11.2. The van der Waals surface area contributed by atoms with E-state index in [1.807, 2.05) is 12.1 Å². The van der Waals surface area contributed by atoms with E-state index < -0.39 is 7.92 Å². The van der Waals surface area contributed by atoms with Crippen LogP contribution >= 0.6 is 7.92 Å². The van der Waals surface area contributed by atoms with Gasteiger partial charge in [0.1, 0.15) is 11.5 Å². The Kier molecular flexibility index (Phi) is 5.83. The molecule has 0 saturated heterocycles. The number of hydrogen-bond acceptors (Lipinski definition) is 2. The molecule has 2 nitrogen and oxygen atoms in total. The minimum atomic E-state index is -0.448. The van der Waals surface area contributed by atoms with Gasteiger partial charge < -0.3 is 9.47 Å². The smallest absolute Gasteiger partial charge is 0.126 e. The molecule has 2 aromatic rings. The van der Waals surface area contributed by atoms with Crippen molar-refractivity contribution in [2.75, 3.05) is 20.0 Å². The summed E-state index contributed by atoms with van der Waals surface area (Å²) >= 11 is 0. The highest BCUT2D eigenvalue weighted by molar-refractivity contribution is 7.75. The quantitative estimate of drug-likeness (QED) is 0.600. The summed E-state index contributed by atoms with van der Waals surface area (Å²) in [5.74, 6) is 3.19. The molecule has 0 aliphatic heterocycles. The van der Waals surface area contributed by atoms with Crippen molar-refractivity contribution in [3.05, 3.63) is 48.5 Å². The molecular weight excluding hydrogens is 295 g/mol. The van der Waals surface area contributed by atoms with Crippen LogP contribution in [0.3, 0.4) is 0 Å². The monoisotopic (exact) mass is 317 g/mol. The predicted molar refractivity (Wildman–Crippen MR) is 94.5 cm³/mol. The van der Waals surface area contributed by atoms with Gasteiger partial charge in [0.25, 0.3) is 0 Å². The van der Waals surface area contributed by atoms with Crippen molar-refractivity contribution in [2.24, 2.45) is 0 Å². The average molecular weight is 317 g/mol. The number of ether oxygens (including phenoxy) is 2. The van der Waals surface area contributed by atoms with Crippen molar-refractivity contribution in [3.8, 4) is 11.5 Å². The highest BCUT2D eigenvalue weighted by Gasteiger charge is 2.22. The van der Waals surface area contributed by atoms with Crippen LogP contribution in [0, 0.1) is 0 Å². The Balaban J connectivity index is 2.52. The summed E-state index contributed by atoms with van der Waals surface area (Å²) in [6.07, 6.45) is 0. The Morgan fingerprint density at radius 3 is 1.62 bits per heavy atom. The van der Waals surface area contributed by atoms with E-state index in [4.69, 9.17) is 9.47 Å². The van der Waals surface area contributed by atoms with E-state index in [9.17, 15) is 0 Å². The van der Waals surface area contributed by atoms with Crippen molar-refractivity contribution in [1.82, 2.24) is 0 Å². The molecule has 1 radical (unpaired) electrons. The minimum absolute atomic E-state index is 0.359. The summed E-state index contributed by atoms with van der Waals surface area (Å²) in [7, 11) is 2.69. The van der Waals surface area contributed by atoms with Gasteiger partial charge in [0.2, 0.25) is 0 Å². The molecule has 21 heavy (non-hydrogen) atoms. The fourth-order valence-electron chi connectivity index (χ4n) is 2.32. The van der Waals surface area contributed by atoms with Gasteiger partial charge in [-0.2, -0.15) is 0 Å². The Morgan fingerprint density at radius 2 is 1.24 bits per heavy atom. The first-order valence-corrected chi connectivity index (χ1v) is 11.2. The molecule has 0 aromatic heterocycles. The van der Waals surface area contributed by atoms with Crippen LogP contribution in [0.5, 0.6) is 11.5 Å². The van der Waals surface area contributed by atoms with Gasteiger partial charge in [0.05, 0.1) is 14.2 Å². The molecule has 2 rings (SSSR count). The van der Waals surface area contributed by atoms with E-state index in [-0.39, 0.29) is 8.80 Å². The van der Waals surface area contributed by atoms with Crippen molar-refractivity contribution >= 4 is 27.3 Å². The summed E-state index contributed by atoms with van der Waals surface area (Å²) in [5.41, 5.74) is 0. The van der Waals surface area contributed by atoms with Crippen LogP contribution < -0.4 is 20.1 Å². The average Bonchev–Trinajstić information content (AvgIpc) is 2.52. The molecule has 0 aliphatic carbocycles. The zero-order valence-corrected chi connectivity index (χ0v) is 15.0. The van der Waals surface area contributed by atoms with E-state index in [0.29, 0.717) is 0 Å². The molecule has 0 saturated carbocycles. The van der Waals surface area contributed by atoms with Gasteiger partial charge in [-0.1, -0.05) is 49.5 Å². The first kappa shape index (κ1) is 16.1. The maximum absolute atomic E-state index is 5.59. The van der Waals surface area contributed by atoms with Crippen molar-refractivity contribution < 1.29 is 9.47 Å². The second-order valence-electron chi connectivity index (χ2n) is 5.14. The third-order valence-corrected chi connectivity index (χ3v) is 8.92. The highest BCUT2D eigenvalue weighted by Crippen LogP contribution is 2.40. The Bertz CT molecular complexity index is 539.